The van der Waals surface area contributed by atoms with E-state index in [1.54, 1.807) is 6.92 Å². The van der Waals surface area contributed by atoms with Gasteiger partial charge in [0, 0.05) is 14.0 Å². The number of carbonyl (C=O) groups is 1. The Morgan fingerprint density at radius 1 is 1.38 bits per heavy atom. The number of anilines is 1. The van der Waals surface area contributed by atoms with E-state index in [2.05, 4.69) is 15.1 Å². The van der Waals surface area contributed by atoms with Crippen molar-refractivity contribution in [3.8, 4) is 5.69 Å². The fourth-order valence-corrected chi connectivity index (χ4v) is 1.78. The standard InChI is InChI=1S/C12H12F3N5O/c1-7-10(19(3)8(2)21)5-20(18-7)9-4-16-6-17-11(9)12(13,14)15/h4-6H,1-3H3. The summed E-state index contributed by atoms with van der Waals surface area (Å²) in [6, 6.07) is 0. The molecule has 0 radical (unpaired) electrons. The molecule has 0 atom stereocenters. The minimum absolute atomic E-state index is 0.252. The van der Waals surface area contributed by atoms with Crippen molar-refractivity contribution in [3.63, 3.8) is 0 Å². The first-order valence-electron chi connectivity index (χ1n) is 5.90. The van der Waals surface area contributed by atoms with Gasteiger partial charge >= 0.3 is 6.18 Å². The lowest BCUT2D eigenvalue weighted by Gasteiger charge is -2.13. The van der Waals surface area contributed by atoms with Crippen LogP contribution in [0.2, 0.25) is 0 Å². The number of carbonyl (C=O) groups excluding carboxylic acids is 1. The number of halogens is 3. The molecule has 2 aromatic heterocycles. The Bertz CT molecular complexity index is 680. The first-order chi connectivity index (χ1) is 9.71. The minimum Gasteiger partial charge on any atom is -0.313 e. The molecule has 6 nitrogen and oxygen atoms in total. The van der Waals surface area contributed by atoms with E-state index in [0.29, 0.717) is 11.4 Å². The predicted octanol–water partition coefficient (Wildman–Crippen LogP) is 1.97. The van der Waals surface area contributed by atoms with Crippen LogP contribution in [0.5, 0.6) is 0 Å². The molecule has 0 saturated heterocycles. The molecule has 0 fully saturated rings. The van der Waals surface area contributed by atoms with Gasteiger partial charge in [-0.25, -0.2) is 14.6 Å². The van der Waals surface area contributed by atoms with Crippen LogP contribution in [0.25, 0.3) is 5.69 Å². The maximum Gasteiger partial charge on any atom is 0.435 e. The van der Waals surface area contributed by atoms with Crippen molar-refractivity contribution in [1.29, 1.82) is 0 Å². The third kappa shape index (κ3) is 2.86. The van der Waals surface area contributed by atoms with Crippen molar-refractivity contribution in [2.24, 2.45) is 0 Å². The Morgan fingerprint density at radius 3 is 2.62 bits per heavy atom. The lowest BCUT2D eigenvalue weighted by Crippen LogP contribution is -2.23. The maximum absolute atomic E-state index is 12.9. The van der Waals surface area contributed by atoms with Crippen molar-refractivity contribution >= 4 is 11.6 Å². The quantitative estimate of drug-likeness (QED) is 0.850. The zero-order valence-corrected chi connectivity index (χ0v) is 11.5. The van der Waals surface area contributed by atoms with Crippen molar-refractivity contribution in [2.75, 3.05) is 11.9 Å². The van der Waals surface area contributed by atoms with Crippen LogP contribution in [0.1, 0.15) is 18.3 Å². The normalized spacial score (nSPS) is 11.5. The predicted molar refractivity (Wildman–Crippen MR) is 68.0 cm³/mol. The molecule has 2 aromatic rings. The van der Waals surface area contributed by atoms with Gasteiger partial charge in [0.15, 0.2) is 5.69 Å². The first-order valence-corrected chi connectivity index (χ1v) is 5.90. The van der Waals surface area contributed by atoms with Crippen LogP contribution in [0, 0.1) is 6.92 Å². The summed E-state index contributed by atoms with van der Waals surface area (Å²) in [4.78, 5) is 19.5. The van der Waals surface area contributed by atoms with Crippen LogP contribution in [-0.4, -0.2) is 32.7 Å². The Labute approximate surface area is 118 Å². The Morgan fingerprint density at radius 2 is 2.05 bits per heavy atom. The van der Waals surface area contributed by atoms with Gasteiger partial charge in [0.2, 0.25) is 5.91 Å². The summed E-state index contributed by atoms with van der Waals surface area (Å²) in [5.74, 6) is -0.252. The smallest absolute Gasteiger partial charge is 0.313 e. The van der Waals surface area contributed by atoms with Crippen LogP contribution in [0.3, 0.4) is 0 Å². The number of amides is 1. The third-order valence-electron chi connectivity index (χ3n) is 2.91. The number of aryl methyl sites for hydroxylation is 1. The highest BCUT2D eigenvalue weighted by molar-refractivity contribution is 5.91. The molecule has 0 bridgehead atoms. The van der Waals surface area contributed by atoms with Crippen LogP contribution >= 0.6 is 0 Å². The molecule has 1 amide bonds. The summed E-state index contributed by atoms with van der Waals surface area (Å²) in [6.07, 6.45) is -1.43. The zero-order chi connectivity index (χ0) is 15.8. The molecule has 0 aromatic carbocycles. The van der Waals surface area contributed by atoms with Gasteiger partial charge in [-0.15, -0.1) is 0 Å². The van der Waals surface area contributed by atoms with E-state index < -0.39 is 11.9 Å². The second-order valence-electron chi connectivity index (χ2n) is 4.38. The van der Waals surface area contributed by atoms with Crippen molar-refractivity contribution in [1.82, 2.24) is 19.7 Å². The van der Waals surface area contributed by atoms with E-state index in [-0.39, 0.29) is 11.6 Å². The highest BCUT2D eigenvalue weighted by Crippen LogP contribution is 2.32. The van der Waals surface area contributed by atoms with E-state index in [1.807, 2.05) is 0 Å². The molecule has 9 heteroatoms. The number of nitrogens with zero attached hydrogens (tertiary/aromatic N) is 5. The summed E-state index contributed by atoms with van der Waals surface area (Å²) in [5.41, 5.74) is -0.544. The second-order valence-corrected chi connectivity index (χ2v) is 4.38. The molecule has 0 spiro atoms. The lowest BCUT2D eigenvalue weighted by atomic mass is 10.3. The SMILES string of the molecule is CC(=O)N(C)c1cn(-c2cncnc2C(F)(F)F)nc1C. The Balaban J connectivity index is 2.55. The van der Waals surface area contributed by atoms with Gasteiger partial charge < -0.3 is 4.90 Å². The van der Waals surface area contributed by atoms with Gasteiger partial charge in [-0.2, -0.15) is 18.3 Å². The monoisotopic (exact) mass is 299 g/mol. The molecule has 21 heavy (non-hydrogen) atoms. The number of aromatic nitrogens is 4. The summed E-state index contributed by atoms with van der Waals surface area (Å²) < 4.78 is 39.8. The van der Waals surface area contributed by atoms with E-state index in [0.717, 1.165) is 17.2 Å². The van der Waals surface area contributed by atoms with Crippen LogP contribution in [-0.2, 0) is 11.0 Å². The Hall–Kier alpha value is -2.45. The molecular weight excluding hydrogens is 287 g/mol. The fourth-order valence-electron chi connectivity index (χ4n) is 1.78. The van der Waals surface area contributed by atoms with E-state index in [1.165, 1.54) is 25.1 Å². The molecule has 0 unspecified atom stereocenters. The molecule has 2 rings (SSSR count). The van der Waals surface area contributed by atoms with Gasteiger partial charge in [0.05, 0.1) is 23.8 Å². The molecule has 0 saturated carbocycles. The number of hydrogen-bond acceptors (Lipinski definition) is 4. The van der Waals surface area contributed by atoms with Crippen LogP contribution in [0.15, 0.2) is 18.7 Å². The zero-order valence-electron chi connectivity index (χ0n) is 11.5. The minimum atomic E-state index is -4.62. The van der Waals surface area contributed by atoms with Gasteiger partial charge in [0.1, 0.15) is 12.0 Å². The summed E-state index contributed by atoms with van der Waals surface area (Å²) >= 11 is 0. The number of rotatable bonds is 2. The highest BCUT2D eigenvalue weighted by atomic mass is 19.4. The fraction of sp³-hybridized carbons (Fsp3) is 0.333. The first kappa shape index (κ1) is 14.9. The third-order valence-corrected chi connectivity index (χ3v) is 2.91. The number of hydrogen-bond donors (Lipinski definition) is 0. The molecule has 0 aliphatic rings. The Kier molecular flexibility index (Phi) is 3.67. The van der Waals surface area contributed by atoms with E-state index in [9.17, 15) is 18.0 Å². The summed E-state index contributed by atoms with van der Waals surface area (Å²) in [6.45, 7) is 2.95. The molecular formula is C12H12F3N5O. The van der Waals surface area contributed by atoms with Crippen molar-refractivity contribution in [3.05, 3.63) is 30.1 Å². The van der Waals surface area contributed by atoms with Gasteiger partial charge in [0.25, 0.3) is 0 Å². The largest absolute Gasteiger partial charge is 0.435 e. The van der Waals surface area contributed by atoms with Gasteiger partial charge in [-0.1, -0.05) is 0 Å². The summed E-state index contributed by atoms with van der Waals surface area (Å²) in [5, 5.41) is 4.00. The van der Waals surface area contributed by atoms with E-state index in [4.69, 9.17) is 0 Å². The average Bonchev–Trinajstić information content (AvgIpc) is 2.78. The van der Waals surface area contributed by atoms with Crippen LogP contribution in [0.4, 0.5) is 18.9 Å². The topological polar surface area (TPSA) is 63.9 Å². The maximum atomic E-state index is 12.9. The summed E-state index contributed by atoms with van der Waals surface area (Å²) in [7, 11) is 1.52. The second kappa shape index (κ2) is 5.15. The molecule has 0 aliphatic heterocycles. The van der Waals surface area contributed by atoms with Gasteiger partial charge in [-0.3, -0.25) is 4.79 Å². The molecule has 2 heterocycles. The molecule has 0 N–H and O–H groups in total. The highest BCUT2D eigenvalue weighted by Gasteiger charge is 2.36. The average molecular weight is 299 g/mol. The lowest BCUT2D eigenvalue weighted by molar-refractivity contribution is -0.141. The van der Waals surface area contributed by atoms with Crippen molar-refractivity contribution in [2.45, 2.75) is 20.0 Å². The number of alkyl halides is 3. The molecule has 112 valence electrons. The van der Waals surface area contributed by atoms with Gasteiger partial charge in [-0.05, 0) is 6.92 Å². The molecule has 0 aliphatic carbocycles. The van der Waals surface area contributed by atoms with Crippen LogP contribution < -0.4 is 4.90 Å². The van der Waals surface area contributed by atoms with Crippen molar-refractivity contribution < 1.29 is 18.0 Å². The van der Waals surface area contributed by atoms with E-state index >= 15 is 0 Å².